The summed E-state index contributed by atoms with van der Waals surface area (Å²) in [6.07, 6.45) is 4.06. The van der Waals surface area contributed by atoms with Crippen molar-refractivity contribution in [3.05, 3.63) is 28.8 Å². The van der Waals surface area contributed by atoms with Crippen LogP contribution in [0.25, 0.3) is 0 Å². The summed E-state index contributed by atoms with van der Waals surface area (Å²) in [4.78, 5) is 11.0. The molecule has 0 radical (unpaired) electrons. The fraction of sp³-hybridized carbons (Fsp3) is 0.364. The van der Waals surface area contributed by atoms with Gasteiger partial charge in [-0.15, -0.1) is 0 Å². The molecule has 0 spiro atoms. The number of rotatable bonds is 1. The molecule has 0 saturated heterocycles. The largest absolute Gasteiger partial charge is 0.507 e. The van der Waals surface area contributed by atoms with Crippen molar-refractivity contribution < 1.29 is 9.90 Å². The topological polar surface area (TPSA) is 63.3 Å². The number of nitrogens with two attached hydrogens (primary N) is 1. The van der Waals surface area contributed by atoms with E-state index in [0.29, 0.717) is 0 Å². The minimum absolute atomic E-state index is 0.0923. The van der Waals surface area contributed by atoms with Crippen LogP contribution in [0, 0.1) is 0 Å². The molecule has 0 fully saturated rings. The van der Waals surface area contributed by atoms with Crippen molar-refractivity contribution in [1.82, 2.24) is 0 Å². The molecule has 1 aliphatic rings. The van der Waals surface area contributed by atoms with E-state index in [4.69, 9.17) is 5.73 Å². The molecular weight excluding hydrogens is 178 g/mol. The van der Waals surface area contributed by atoms with E-state index in [1.165, 1.54) is 0 Å². The molecule has 0 atom stereocenters. The van der Waals surface area contributed by atoms with E-state index in [1.54, 1.807) is 6.07 Å². The highest BCUT2D eigenvalue weighted by molar-refractivity contribution is 5.96. The lowest BCUT2D eigenvalue weighted by Gasteiger charge is -2.17. The second-order valence-electron chi connectivity index (χ2n) is 3.67. The highest BCUT2D eigenvalue weighted by atomic mass is 16.3. The molecule has 3 N–H and O–H groups in total. The van der Waals surface area contributed by atoms with E-state index in [9.17, 15) is 9.90 Å². The molecule has 0 heterocycles. The number of amides is 1. The third-order valence-electron chi connectivity index (χ3n) is 2.77. The van der Waals surface area contributed by atoms with Crippen LogP contribution in [0.15, 0.2) is 12.1 Å². The number of hydrogen-bond acceptors (Lipinski definition) is 2. The van der Waals surface area contributed by atoms with E-state index >= 15 is 0 Å². The van der Waals surface area contributed by atoms with Gasteiger partial charge in [0.2, 0.25) is 0 Å². The summed E-state index contributed by atoms with van der Waals surface area (Å²) in [5.74, 6) is -0.467. The summed E-state index contributed by atoms with van der Waals surface area (Å²) in [5.41, 5.74) is 7.45. The molecule has 0 aliphatic heterocycles. The molecule has 0 bridgehead atoms. The maximum atomic E-state index is 11.0. The summed E-state index contributed by atoms with van der Waals surface area (Å²) in [5, 5.41) is 9.80. The SMILES string of the molecule is NC(=O)c1ccc2c(c1O)CCCC2. The van der Waals surface area contributed by atoms with E-state index in [2.05, 4.69) is 0 Å². The quantitative estimate of drug-likeness (QED) is 0.704. The average Bonchev–Trinajstić information content (AvgIpc) is 2.18. The van der Waals surface area contributed by atoms with Gasteiger partial charge in [0.05, 0.1) is 5.56 Å². The summed E-state index contributed by atoms with van der Waals surface area (Å²) in [6, 6.07) is 3.51. The number of benzene rings is 1. The van der Waals surface area contributed by atoms with E-state index < -0.39 is 5.91 Å². The van der Waals surface area contributed by atoms with Gasteiger partial charge in [0.1, 0.15) is 5.75 Å². The van der Waals surface area contributed by atoms with Crippen LogP contribution in [0.3, 0.4) is 0 Å². The maximum absolute atomic E-state index is 11.0. The smallest absolute Gasteiger partial charge is 0.252 e. The first-order valence-corrected chi connectivity index (χ1v) is 4.83. The lowest BCUT2D eigenvalue weighted by Crippen LogP contribution is -2.13. The molecule has 2 rings (SSSR count). The molecule has 3 heteroatoms. The first-order valence-electron chi connectivity index (χ1n) is 4.83. The zero-order valence-electron chi connectivity index (χ0n) is 7.92. The highest BCUT2D eigenvalue weighted by Gasteiger charge is 2.17. The third kappa shape index (κ3) is 1.35. The van der Waals surface area contributed by atoms with Crippen molar-refractivity contribution in [2.75, 3.05) is 0 Å². The highest BCUT2D eigenvalue weighted by Crippen LogP contribution is 2.31. The summed E-state index contributed by atoms with van der Waals surface area (Å²) in [7, 11) is 0. The minimum atomic E-state index is -0.559. The van der Waals surface area contributed by atoms with Gasteiger partial charge in [-0.2, -0.15) is 0 Å². The van der Waals surface area contributed by atoms with Gasteiger partial charge in [-0.3, -0.25) is 4.79 Å². The van der Waals surface area contributed by atoms with E-state index in [0.717, 1.165) is 36.8 Å². The summed E-state index contributed by atoms with van der Waals surface area (Å²) < 4.78 is 0. The molecule has 3 nitrogen and oxygen atoms in total. The van der Waals surface area contributed by atoms with Crippen molar-refractivity contribution in [3.8, 4) is 5.75 Å². The van der Waals surface area contributed by atoms with Crippen LogP contribution in [0.5, 0.6) is 5.75 Å². The number of carbonyl (C=O) groups is 1. The monoisotopic (exact) mass is 191 g/mol. The molecule has 0 aromatic heterocycles. The predicted octanol–water partition coefficient (Wildman–Crippen LogP) is 1.37. The van der Waals surface area contributed by atoms with Gasteiger partial charge in [0.25, 0.3) is 5.91 Å². The Hall–Kier alpha value is -1.51. The maximum Gasteiger partial charge on any atom is 0.252 e. The number of aryl methyl sites for hydroxylation is 1. The van der Waals surface area contributed by atoms with Crippen molar-refractivity contribution >= 4 is 5.91 Å². The molecule has 0 saturated carbocycles. The normalized spacial score (nSPS) is 14.9. The van der Waals surface area contributed by atoms with Crippen molar-refractivity contribution in [2.24, 2.45) is 5.73 Å². The van der Waals surface area contributed by atoms with Crippen LogP contribution in [-0.4, -0.2) is 11.0 Å². The van der Waals surface area contributed by atoms with Gasteiger partial charge in [0, 0.05) is 0 Å². The van der Waals surface area contributed by atoms with Crippen molar-refractivity contribution in [2.45, 2.75) is 25.7 Å². The Bertz CT molecular complexity index is 385. The predicted molar refractivity (Wildman–Crippen MR) is 53.3 cm³/mol. The Kier molecular flexibility index (Phi) is 2.15. The third-order valence-corrected chi connectivity index (χ3v) is 2.77. The molecule has 0 unspecified atom stereocenters. The fourth-order valence-corrected chi connectivity index (χ4v) is 2.01. The second-order valence-corrected chi connectivity index (χ2v) is 3.67. The van der Waals surface area contributed by atoms with Crippen LogP contribution in [0.1, 0.15) is 34.3 Å². The lowest BCUT2D eigenvalue weighted by molar-refractivity contribution is 0.0997. The van der Waals surface area contributed by atoms with Crippen LogP contribution in [-0.2, 0) is 12.8 Å². The molecule has 1 aromatic carbocycles. The molecule has 1 aliphatic carbocycles. The number of carbonyl (C=O) groups excluding carboxylic acids is 1. The molecule has 1 aromatic rings. The van der Waals surface area contributed by atoms with Gasteiger partial charge in [-0.05, 0) is 42.9 Å². The molecule has 14 heavy (non-hydrogen) atoms. The number of fused-ring (bicyclic) bond motifs is 1. The number of phenols is 1. The number of primary amides is 1. The molecule has 1 amide bonds. The number of hydrogen-bond donors (Lipinski definition) is 2. The van der Waals surface area contributed by atoms with Gasteiger partial charge >= 0.3 is 0 Å². The Balaban J connectivity index is 2.54. The van der Waals surface area contributed by atoms with E-state index in [1.807, 2.05) is 6.07 Å². The van der Waals surface area contributed by atoms with E-state index in [-0.39, 0.29) is 11.3 Å². The average molecular weight is 191 g/mol. The van der Waals surface area contributed by atoms with Crippen LogP contribution in [0.2, 0.25) is 0 Å². The van der Waals surface area contributed by atoms with Crippen LogP contribution in [0.4, 0.5) is 0 Å². The zero-order valence-corrected chi connectivity index (χ0v) is 7.92. The van der Waals surface area contributed by atoms with Gasteiger partial charge in [-0.1, -0.05) is 6.07 Å². The van der Waals surface area contributed by atoms with Gasteiger partial charge in [0.15, 0.2) is 0 Å². The minimum Gasteiger partial charge on any atom is -0.507 e. The van der Waals surface area contributed by atoms with Gasteiger partial charge < -0.3 is 10.8 Å². The van der Waals surface area contributed by atoms with Gasteiger partial charge in [-0.25, -0.2) is 0 Å². The Morgan fingerprint density at radius 1 is 1.29 bits per heavy atom. The zero-order chi connectivity index (χ0) is 10.1. The first-order chi connectivity index (χ1) is 6.70. The van der Waals surface area contributed by atoms with Crippen LogP contribution >= 0.6 is 0 Å². The molecular formula is C11H13NO2. The van der Waals surface area contributed by atoms with Crippen LogP contribution < -0.4 is 5.73 Å². The summed E-state index contributed by atoms with van der Waals surface area (Å²) in [6.45, 7) is 0. The Morgan fingerprint density at radius 2 is 2.00 bits per heavy atom. The van der Waals surface area contributed by atoms with Crippen molar-refractivity contribution in [1.29, 1.82) is 0 Å². The summed E-state index contributed by atoms with van der Waals surface area (Å²) >= 11 is 0. The lowest BCUT2D eigenvalue weighted by atomic mass is 9.89. The standard InChI is InChI=1S/C11H13NO2/c12-11(14)9-6-5-7-3-1-2-4-8(7)10(9)13/h5-6,13H,1-4H2,(H2,12,14). The fourth-order valence-electron chi connectivity index (χ4n) is 2.01. The van der Waals surface area contributed by atoms with Crippen molar-refractivity contribution in [3.63, 3.8) is 0 Å². The molecule has 74 valence electrons. The first kappa shape index (κ1) is 9.06. The Labute approximate surface area is 82.5 Å². The second kappa shape index (κ2) is 3.33. The Morgan fingerprint density at radius 3 is 2.71 bits per heavy atom. The number of aromatic hydroxyl groups is 1.